The number of piperazine rings is 1. The summed E-state index contributed by atoms with van der Waals surface area (Å²) in [6.07, 6.45) is 11.3. The van der Waals surface area contributed by atoms with E-state index in [0.717, 1.165) is 66.7 Å². The fraction of sp³-hybridized carbons (Fsp3) is 0.697. The van der Waals surface area contributed by atoms with Crippen LogP contribution in [0.1, 0.15) is 58.3 Å². The Labute approximate surface area is 246 Å². The molecule has 8 nitrogen and oxygen atoms in total. The maximum Gasteiger partial charge on any atom is 0.172 e. The van der Waals surface area contributed by atoms with Crippen molar-refractivity contribution < 1.29 is 5.11 Å². The molecule has 1 aromatic heterocycles. The molecule has 222 valence electrons. The maximum absolute atomic E-state index is 10.3. The van der Waals surface area contributed by atoms with Gasteiger partial charge in [-0.1, -0.05) is 19.1 Å². The minimum atomic E-state index is 0.238. The van der Waals surface area contributed by atoms with Gasteiger partial charge in [-0.25, -0.2) is 0 Å². The van der Waals surface area contributed by atoms with Gasteiger partial charge in [0, 0.05) is 56.9 Å². The number of nitrogens with zero attached hydrogens (tertiary/aromatic N) is 6. The van der Waals surface area contributed by atoms with Crippen molar-refractivity contribution in [3.63, 3.8) is 0 Å². The van der Waals surface area contributed by atoms with E-state index in [1.165, 1.54) is 77.5 Å². The number of aromatic hydroxyl groups is 1. The van der Waals surface area contributed by atoms with E-state index in [2.05, 4.69) is 48.1 Å². The zero-order chi connectivity index (χ0) is 28.0. The van der Waals surface area contributed by atoms with Gasteiger partial charge in [-0.05, 0) is 107 Å². The molecule has 1 spiro atoms. The third kappa shape index (κ3) is 5.43. The maximum atomic E-state index is 10.3. The van der Waals surface area contributed by atoms with Gasteiger partial charge in [0.2, 0.25) is 0 Å². The average Bonchev–Trinajstić information content (AvgIpc) is 2.98. The van der Waals surface area contributed by atoms with Crippen LogP contribution >= 0.6 is 0 Å². The van der Waals surface area contributed by atoms with Gasteiger partial charge >= 0.3 is 0 Å². The van der Waals surface area contributed by atoms with Gasteiger partial charge < -0.3 is 25.1 Å². The average molecular weight is 560 g/mol. The molecule has 0 atom stereocenters. The Kier molecular flexibility index (Phi) is 7.59. The number of benzene rings is 1. The highest BCUT2D eigenvalue weighted by atomic mass is 16.3. The first-order valence-corrected chi connectivity index (χ1v) is 16.3. The van der Waals surface area contributed by atoms with Crippen molar-refractivity contribution in [2.45, 2.75) is 76.4 Å². The van der Waals surface area contributed by atoms with E-state index in [0.29, 0.717) is 11.7 Å². The van der Waals surface area contributed by atoms with Crippen molar-refractivity contribution in [3.8, 4) is 17.0 Å². The lowest BCUT2D eigenvalue weighted by molar-refractivity contribution is -0.0919. The van der Waals surface area contributed by atoms with E-state index in [-0.39, 0.29) is 5.75 Å². The Morgan fingerprint density at radius 1 is 0.756 bits per heavy atom. The first kappa shape index (κ1) is 27.4. The molecule has 0 bridgehead atoms. The van der Waals surface area contributed by atoms with Crippen LogP contribution in [0.5, 0.6) is 5.75 Å². The highest BCUT2D eigenvalue weighted by molar-refractivity contribution is 5.75. The SMILES string of the molecule is CNc1nnc(-c2ccccc2O)cc1N1CCN(C2CCN(C3CCN(C4CC5(CC(C)C5)C4)CC3)CC2)CC1. The molecule has 3 saturated heterocycles. The molecule has 5 aliphatic rings. The smallest absolute Gasteiger partial charge is 0.172 e. The van der Waals surface area contributed by atoms with E-state index < -0.39 is 0 Å². The van der Waals surface area contributed by atoms with Crippen molar-refractivity contribution in [1.82, 2.24) is 24.9 Å². The van der Waals surface area contributed by atoms with Crippen LogP contribution in [0, 0.1) is 11.3 Å². The van der Waals surface area contributed by atoms with Crippen LogP contribution in [0.15, 0.2) is 30.3 Å². The van der Waals surface area contributed by atoms with Gasteiger partial charge in [0.1, 0.15) is 5.75 Å². The Balaban J connectivity index is 0.878. The molecule has 41 heavy (non-hydrogen) atoms. The number of nitrogens with one attached hydrogen (secondary N) is 1. The van der Waals surface area contributed by atoms with Crippen LogP contribution in [-0.2, 0) is 0 Å². The fourth-order valence-corrected chi connectivity index (χ4v) is 9.13. The van der Waals surface area contributed by atoms with Crippen LogP contribution in [0.3, 0.4) is 0 Å². The number of hydrogen-bond acceptors (Lipinski definition) is 8. The summed E-state index contributed by atoms with van der Waals surface area (Å²) in [5, 5.41) is 22.4. The summed E-state index contributed by atoms with van der Waals surface area (Å²) in [4.78, 5) is 10.9. The zero-order valence-electron chi connectivity index (χ0n) is 25.1. The first-order chi connectivity index (χ1) is 20.0. The Morgan fingerprint density at radius 2 is 1.34 bits per heavy atom. The number of hydrogen-bond donors (Lipinski definition) is 2. The molecule has 7 rings (SSSR count). The second-order valence-electron chi connectivity index (χ2n) is 13.9. The summed E-state index contributed by atoms with van der Waals surface area (Å²) >= 11 is 0. The standard InChI is InChI=1S/C33H49N7O/c1-24-20-33(21-24)22-27(23-33)38-13-9-25(10-14-38)37-11-7-26(8-12-37)39-15-17-40(18-16-39)30-19-29(35-36-32(30)34-2)28-5-3-4-6-31(28)41/h3-6,19,24-27,41H,7-18,20-23H2,1-2H3,(H,34,36). The Bertz CT molecular complexity index is 1180. The summed E-state index contributed by atoms with van der Waals surface area (Å²) < 4.78 is 0. The fourth-order valence-electron chi connectivity index (χ4n) is 9.13. The monoisotopic (exact) mass is 559 g/mol. The quantitative estimate of drug-likeness (QED) is 0.536. The van der Waals surface area contributed by atoms with E-state index in [1.54, 1.807) is 6.07 Å². The highest BCUT2D eigenvalue weighted by Gasteiger charge is 2.53. The Morgan fingerprint density at radius 3 is 1.93 bits per heavy atom. The summed E-state index contributed by atoms with van der Waals surface area (Å²) in [5.74, 6) is 2.02. The second-order valence-corrected chi connectivity index (χ2v) is 13.9. The predicted octanol–water partition coefficient (Wildman–Crippen LogP) is 4.52. The number of rotatable bonds is 6. The zero-order valence-corrected chi connectivity index (χ0v) is 25.1. The van der Waals surface area contributed by atoms with Crippen molar-refractivity contribution in [2.75, 3.05) is 69.6 Å². The number of para-hydroxylation sites is 1. The van der Waals surface area contributed by atoms with Crippen molar-refractivity contribution in [2.24, 2.45) is 11.3 Å². The van der Waals surface area contributed by atoms with E-state index in [4.69, 9.17) is 0 Å². The van der Waals surface area contributed by atoms with Gasteiger partial charge in [0.15, 0.2) is 5.82 Å². The van der Waals surface area contributed by atoms with Crippen molar-refractivity contribution in [3.05, 3.63) is 30.3 Å². The van der Waals surface area contributed by atoms with Crippen LogP contribution in [0.2, 0.25) is 0 Å². The molecule has 0 radical (unpaired) electrons. The molecular formula is C33H49N7O. The Hall–Kier alpha value is -2.42. The normalized spacial score (nSPS) is 30.7. The number of piperidine rings is 2. The molecule has 5 fully saturated rings. The molecule has 0 amide bonds. The lowest BCUT2D eigenvalue weighted by Gasteiger charge is -2.60. The van der Waals surface area contributed by atoms with Gasteiger partial charge in [-0.2, -0.15) is 0 Å². The van der Waals surface area contributed by atoms with Crippen LogP contribution in [-0.4, -0.2) is 108 Å². The van der Waals surface area contributed by atoms with Gasteiger partial charge in [-0.15, -0.1) is 10.2 Å². The third-order valence-corrected chi connectivity index (χ3v) is 11.3. The molecule has 2 saturated carbocycles. The molecule has 3 aliphatic heterocycles. The van der Waals surface area contributed by atoms with Crippen LogP contribution in [0.4, 0.5) is 11.5 Å². The molecule has 0 unspecified atom stereocenters. The van der Waals surface area contributed by atoms with E-state index in [1.807, 2.05) is 25.2 Å². The van der Waals surface area contributed by atoms with Gasteiger partial charge in [0.05, 0.1) is 11.4 Å². The minimum Gasteiger partial charge on any atom is -0.507 e. The highest BCUT2D eigenvalue weighted by Crippen LogP contribution is 2.59. The molecule has 4 heterocycles. The summed E-state index contributed by atoms with van der Waals surface area (Å²) in [5.41, 5.74) is 3.27. The molecule has 2 aromatic rings. The number of phenols is 1. The van der Waals surface area contributed by atoms with Crippen molar-refractivity contribution in [1.29, 1.82) is 0 Å². The van der Waals surface area contributed by atoms with Gasteiger partial charge in [-0.3, -0.25) is 4.90 Å². The van der Waals surface area contributed by atoms with E-state index >= 15 is 0 Å². The molecule has 8 heteroatoms. The first-order valence-electron chi connectivity index (χ1n) is 16.3. The number of anilines is 2. The molecule has 2 aliphatic carbocycles. The minimum absolute atomic E-state index is 0.238. The number of phenolic OH excluding ortho intramolecular Hbond substituents is 1. The second kappa shape index (κ2) is 11.3. The molecular weight excluding hydrogens is 510 g/mol. The topological polar surface area (TPSA) is 71.0 Å². The van der Waals surface area contributed by atoms with Crippen LogP contribution in [0.25, 0.3) is 11.3 Å². The lowest BCUT2D eigenvalue weighted by Crippen LogP contribution is -2.59. The predicted molar refractivity (Wildman–Crippen MR) is 166 cm³/mol. The number of likely N-dealkylation sites (tertiary alicyclic amines) is 2. The summed E-state index contributed by atoms with van der Waals surface area (Å²) in [7, 11) is 1.90. The van der Waals surface area contributed by atoms with E-state index in [9.17, 15) is 5.11 Å². The molecule has 2 N–H and O–H groups in total. The van der Waals surface area contributed by atoms with Gasteiger partial charge in [0.25, 0.3) is 0 Å². The van der Waals surface area contributed by atoms with Crippen molar-refractivity contribution >= 4 is 11.5 Å². The van der Waals surface area contributed by atoms with Crippen LogP contribution < -0.4 is 10.2 Å². The third-order valence-electron chi connectivity index (χ3n) is 11.3. The summed E-state index contributed by atoms with van der Waals surface area (Å²) in [6, 6.07) is 11.8. The largest absolute Gasteiger partial charge is 0.507 e. The number of aromatic nitrogens is 2. The molecule has 1 aromatic carbocycles. The lowest BCUT2D eigenvalue weighted by atomic mass is 9.50. The summed E-state index contributed by atoms with van der Waals surface area (Å²) in [6.45, 7) is 11.8.